The monoisotopic (exact) mass is 140 g/mol. The van der Waals surface area contributed by atoms with Crippen molar-refractivity contribution in [2.24, 2.45) is 23.3 Å². The normalized spacial score (nSPS) is 47.6. The van der Waals surface area contributed by atoms with Gasteiger partial charge in [-0.1, -0.05) is 26.0 Å². The Labute approximate surface area is 62.3 Å². The molecule has 0 aromatic heterocycles. The Kier molecular flexibility index (Phi) is 2.11. The number of hydrogen-bond acceptors (Lipinski definition) is 2. The van der Waals surface area contributed by atoms with E-state index in [-0.39, 0.29) is 12.1 Å². The van der Waals surface area contributed by atoms with E-state index in [1.165, 1.54) is 0 Å². The largest absolute Gasteiger partial charge is 0.326 e. The van der Waals surface area contributed by atoms with Crippen molar-refractivity contribution in [3.05, 3.63) is 12.2 Å². The molecule has 2 nitrogen and oxygen atoms in total. The van der Waals surface area contributed by atoms with Crippen LogP contribution in [0.4, 0.5) is 0 Å². The summed E-state index contributed by atoms with van der Waals surface area (Å²) in [5, 5.41) is 0. The second-order valence-electron chi connectivity index (χ2n) is 3.26. The van der Waals surface area contributed by atoms with Gasteiger partial charge >= 0.3 is 0 Å². The molecule has 0 aromatic rings. The van der Waals surface area contributed by atoms with Crippen LogP contribution in [-0.4, -0.2) is 12.1 Å². The van der Waals surface area contributed by atoms with Crippen molar-refractivity contribution in [3.8, 4) is 0 Å². The lowest BCUT2D eigenvalue weighted by Gasteiger charge is -2.31. The van der Waals surface area contributed by atoms with Crippen molar-refractivity contribution in [1.82, 2.24) is 0 Å². The van der Waals surface area contributed by atoms with Crippen LogP contribution in [0.15, 0.2) is 12.2 Å². The van der Waals surface area contributed by atoms with E-state index in [0.29, 0.717) is 11.8 Å². The molecular weight excluding hydrogens is 124 g/mol. The molecule has 4 atom stereocenters. The smallest absolute Gasteiger partial charge is 0.0381 e. The minimum Gasteiger partial charge on any atom is -0.326 e. The number of rotatable bonds is 0. The van der Waals surface area contributed by atoms with E-state index in [4.69, 9.17) is 11.5 Å². The minimum atomic E-state index is 0.0613. The summed E-state index contributed by atoms with van der Waals surface area (Å²) in [7, 11) is 0. The van der Waals surface area contributed by atoms with Gasteiger partial charge in [-0.15, -0.1) is 0 Å². The summed E-state index contributed by atoms with van der Waals surface area (Å²) < 4.78 is 0. The molecule has 0 amide bonds. The number of allylic oxidation sites excluding steroid dienone is 1. The van der Waals surface area contributed by atoms with Gasteiger partial charge < -0.3 is 11.5 Å². The van der Waals surface area contributed by atoms with Gasteiger partial charge in [-0.2, -0.15) is 0 Å². The molecule has 1 aliphatic rings. The Bertz CT molecular complexity index is 126. The molecule has 0 aliphatic heterocycles. The average molecular weight is 140 g/mol. The fraction of sp³-hybridized carbons (Fsp3) is 0.750. The molecule has 4 unspecified atom stereocenters. The molecule has 1 rings (SSSR count). The Hall–Kier alpha value is -0.340. The van der Waals surface area contributed by atoms with Crippen molar-refractivity contribution in [1.29, 1.82) is 0 Å². The van der Waals surface area contributed by atoms with Crippen LogP contribution in [0, 0.1) is 11.8 Å². The third kappa shape index (κ3) is 1.22. The van der Waals surface area contributed by atoms with Gasteiger partial charge in [0.05, 0.1) is 0 Å². The topological polar surface area (TPSA) is 52.0 Å². The van der Waals surface area contributed by atoms with E-state index in [1.807, 2.05) is 6.08 Å². The number of hydrogen-bond donors (Lipinski definition) is 2. The van der Waals surface area contributed by atoms with E-state index < -0.39 is 0 Å². The zero-order chi connectivity index (χ0) is 7.72. The maximum Gasteiger partial charge on any atom is 0.0381 e. The lowest BCUT2D eigenvalue weighted by molar-refractivity contribution is 0.335. The summed E-state index contributed by atoms with van der Waals surface area (Å²) in [5.74, 6) is 1.09. The van der Waals surface area contributed by atoms with Gasteiger partial charge in [0.25, 0.3) is 0 Å². The van der Waals surface area contributed by atoms with Crippen molar-refractivity contribution < 1.29 is 0 Å². The van der Waals surface area contributed by atoms with Gasteiger partial charge in [-0.3, -0.25) is 0 Å². The highest BCUT2D eigenvalue weighted by molar-refractivity contribution is 5.07. The molecule has 0 saturated carbocycles. The molecule has 10 heavy (non-hydrogen) atoms. The molecule has 0 aromatic carbocycles. The molecule has 0 heterocycles. The van der Waals surface area contributed by atoms with E-state index >= 15 is 0 Å². The van der Waals surface area contributed by atoms with Gasteiger partial charge in [0.15, 0.2) is 0 Å². The standard InChI is InChI=1S/C8H16N2/c1-5-3-4-7(9)8(10)6(5)2/h3-8H,9-10H2,1-2H3. The Morgan fingerprint density at radius 2 is 1.70 bits per heavy atom. The van der Waals surface area contributed by atoms with Crippen LogP contribution in [0.1, 0.15) is 13.8 Å². The zero-order valence-electron chi connectivity index (χ0n) is 6.62. The summed E-state index contributed by atoms with van der Waals surface area (Å²) in [6.07, 6.45) is 4.16. The second kappa shape index (κ2) is 2.72. The molecule has 58 valence electrons. The third-order valence-electron chi connectivity index (χ3n) is 2.52. The molecule has 0 bridgehead atoms. The van der Waals surface area contributed by atoms with Crippen LogP contribution in [0.3, 0.4) is 0 Å². The van der Waals surface area contributed by atoms with Crippen molar-refractivity contribution in [2.75, 3.05) is 0 Å². The SMILES string of the molecule is CC1C=CC(N)C(N)C1C. The van der Waals surface area contributed by atoms with Crippen molar-refractivity contribution >= 4 is 0 Å². The molecule has 0 spiro atoms. The highest BCUT2D eigenvalue weighted by Crippen LogP contribution is 2.21. The number of nitrogens with two attached hydrogens (primary N) is 2. The van der Waals surface area contributed by atoms with Crippen LogP contribution >= 0.6 is 0 Å². The summed E-state index contributed by atoms with van der Waals surface area (Å²) in [6, 6.07) is 0.200. The van der Waals surface area contributed by atoms with Crippen LogP contribution in [0.5, 0.6) is 0 Å². The predicted octanol–water partition coefficient (Wildman–Crippen LogP) is 0.483. The van der Waals surface area contributed by atoms with E-state index in [1.54, 1.807) is 0 Å². The van der Waals surface area contributed by atoms with E-state index in [0.717, 1.165) is 0 Å². The Morgan fingerprint density at radius 3 is 2.20 bits per heavy atom. The molecule has 1 aliphatic carbocycles. The summed E-state index contributed by atoms with van der Waals surface area (Å²) in [6.45, 7) is 4.32. The van der Waals surface area contributed by atoms with Crippen LogP contribution in [-0.2, 0) is 0 Å². The van der Waals surface area contributed by atoms with Crippen LogP contribution in [0.25, 0.3) is 0 Å². The highest BCUT2D eigenvalue weighted by atomic mass is 14.8. The van der Waals surface area contributed by atoms with Gasteiger partial charge in [0, 0.05) is 12.1 Å². The molecule has 4 N–H and O–H groups in total. The molecule has 0 saturated heterocycles. The molecular formula is C8H16N2. The minimum absolute atomic E-state index is 0.0613. The third-order valence-corrected chi connectivity index (χ3v) is 2.52. The van der Waals surface area contributed by atoms with E-state index in [2.05, 4.69) is 19.9 Å². The molecule has 0 fully saturated rings. The highest BCUT2D eigenvalue weighted by Gasteiger charge is 2.25. The summed E-state index contributed by atoms with van der Waals surface area (Å²) in [4.78, 5) is 0. The lowest BCUT2D eigenvalue weighted by Crippen LogP contribution is -2.48. The van der Waals surface area contributed by atoms with Crippen LogP contribution < -0.4 is 11.5 Å². The Morgan fingerprint density at radius 1 is 1.10 bits per heavy atom. The molecule has 0 radical (unpaired) electrons. The molecule has 2 heteroatoms. The van der Waals surface area contributed by atoms with Gasteiger partial charge in [0.2, 0.25) is 0 Å². The van der Waals surface area contributed by atoms with Gasteiger partial charge in [-0.25, -0.2) is 0 Å². The maximum absolute atomic E-state index is 5.84. The first-order valence-corrected chi connectivity index (χ1v) is 3.82. The van der Waals surface area contributed by atoms with Gasteiger partial charge in [0.1, 0.15) is 0 Å². The predicted molar refractivity (Wildman–Crippen MR) is 43.4 cm³/mol. The van der Waals surface area contributed by atoms with E-state index in [9.17, 15) is 0 Å². The fourth-order valence-corrected chi connectivity index (χ4v) is 1.31. The van der Waals surface area contributed by atoms with Gasteiger partial charge in [-0.05, 0) is 11.8 Å². The van der Waals surface area contributed by atoms with Crippen LogP contribution in [0.2, 0.25) is 0 Å². The lowest BCUT2D eigenvalue weighted by atomic mass is 9.81. The Balaban J connectivity index is 2.69. The fourth-order valence-electron chi connectivity index (χ4n) is 1.31. The maximum atomic E-state index is 5.84. The first-order valence-electron chi connectivity index (χ1n) is 3.82. The summed E-state index contributed by atoms with van der Waals surface area (Å²) in [5.41, 5.74) is 11.6. The quantitative estimate of drug-likeness (QED) is 0.481. The average Bonchev–Trinajstić information content (AvgIpc) is 1.93. The first-order chi connectivity index (χ1) is 4.63. The van der Waals surface area contributed by atoms with Crippen molar-refractivity contribution in [3.63, 3.8) is 0 Å². The zero-order valence-corrected chi connectivity index (χ0v) is 6.62. The van der Waals surface area contributed by atoms with Crippen molar-refractivity contribution in [2.45, 2.75) is 25.9 Å². The second-order valence-corrected chi connectivity index (χ2v) is 3.26. The first kappa shape index (κ1) is 7.76. The summed E-state index contributed by atoms with van der Waals surface area (Å²) >= 11 is 0.